The molecule has 0 aliphatic rings. The molecule has 0 radical (unpaired) electrons. The molecular formula is C13H16N4O2. The maximum Gasteiger partial charge on any atom is 0.237 e. The lowest BCUT2D eigenvalue weighted by Gasteiger charge is -2.17. The highest BCUT2D eigenvalue weighted by atomic mass is 16.5. The Labute approximate surface area is 111 Å². The van der Waals surface area contributed by atoms with Crippen molar-refractivity contribution >= 4 is 0 Å². The molecule has 0 aliphatic carbocycles. The molecular weight excluding hydrogens is 244 g/mol. The summed E-state index contributed by atoms with van der Waals surface area (Å²) in [4.78, 5) is 8.40. The number of hydrogen-bond donors (Lipinski definition) is 2. The van der Waals surface area contributed by atoms with Crippen molar-refractivity contribution in [3.8, 4) is 11.6 Å². The van der Waals surface area contributed by atoms with Gasteiger partial charge in [0.1, 0.15) is 11.4 Å². The molecule has 6 heteroatoms. The van der Waals surface area contributed by atoms with Crippen LogP contribution in [0.4, 0.5) is 0 Å². The Morgan fingerprint density at radius 2 is 1.95 bits per heavy atom. The van der Waals surface area contributed by atoms with E-state index in [2.05, 4.69) is 15.4 Å². The second-order valence-electron chi connectivity index (χ2n) is 3.83. The van der Waals surface area contributed by atoms with Crippen molar-refractivity contribution < 1.29 is 9.47 Å². The molecule has 0 saturated heterocycles. The highest BCUT2D eigenvalue weighted by Gasteiger charge is 2.19. The normalized spacial score (nSPS) is 11.9. The van der Waals surface area contributed by atoms with Crippen LogP contribution in [0.15, 0.2) is 36.7 Å². The largest absolute Gasteiger partial charge is 0.497 e. The summed E-state index contributed by atoms with van der Waals surface area (Å²) in [5.74, 6) is 6.83. The van der Waals surface area contributed by atoms with Gasteiger partial charge in [-0.05, 0) is 17.7 Å². The van der Waals surface area contributed by atoms with Gasteiger partial charge in [-0.15, -0.1) is 0 Å². The lowest BCUT2D eigenvalue weighted by Crippen LogP contribution is -2.30. The van der Waals surface area contributed by atoms with Gasteiger partial charge in [0.25, 0.3) is 0 Å². The molecule has 1 unspecified atom stereocenters. The summed E-state index contributed by atoms with van der Waals surface area (Å²) in [5.41, 5.74) is 4.27. The van der Waals surface area contributed by atoms with Crippen LogP contribution in [0, 0.1) is 0 Å². The van der Waals surface area contributed by atoms with Crippen LogP contribution >= 0.6 is 0 Å². The second kappa shape index (κ2) is 6.12. The van der Waals surface area contributed by atoms with Crippen LogP contribution in [0.5, 0.6) is 11.6 Å². The third-order valence-electron chi connectivity index (χ3n) is 2.75. The van der Waals surface area contributed by atoms with E-state index >= 15 is 0 Å². The first-order valence-corrected chi connectivity index (χ1v) is 5.75. The minimum atomic E-state index is -0.321. The lowest BCUT2D eigenvalue weighted by molar-refractivity contribution is 0.382. The van der Waals surface area contributed by atoms with E-state index < -0.39 is 0 Å². The van der Waals surface area contributed by atoms with Crippen LogP contribution in [-0.4, -0.2) is 24.2 Å². The summed E-state index contributed by atoms with van der Waals surface area (Å²) in [6.07, 6.45) is 3.17. The van der Waals surface area contributed by atoms with Gasteiger partial charge in [-0.1, -0.05) is 12.1 Å². The van der Waals surface area contributed by atoms with Crippen molar-refractivity contribution in [2.45, 2.75) is 6.04 Å². The first-order valence-electron chi connectivity index (χ1n) is 5.75. The molecule has 2 rings (SSSR count). The third-order valence-corrected chi connectivity index (χ3v) is 2.75. The molecule has 1 heterocycles. The molecule has 1 aromatic carbocycles. The number of aromatic nitrogens is 2. The Hall–Kier alpha value is -2.18. The zero-order valence-corrected chi connectivity index (χ0v) is 10.8. The summed E-state index contributed by atoms with van der Waals surface area (Å²) in [5, 5.41) is 0. The van der Waals surface area contributed by atoms with Crippen LogP contribution in [-0.2, 0) is 0 Å². The Morgan fingerprint density at radius 1 is 1.16 bits per heavy atom. The molecule has 1 aromatic heterocycles. The number of nitrogens with one attached hydrogen (secondary N) is 1. The fourth-order valence-corrected chi connectivity index (χ4v) is 1.85. The number of benzene rings is 1. The van der Waals surface area contributed by atoms with Gasteiger partial charge in [-0.3, -0.25) is 10.8 Å². The molecule has 0 amide bonds. The van der Waals surface area contributed by atoms with Gasteiger partial charge in [0, 0.05) is 12.4 Å². The summed E-state index contributed by atoms with van der Waals surface area (Å²) in [6.45, 7) is 0. The van der Waals surface area contributed by atoms with Crippen molar-refractivity contribution in [1.82, 2.24) is 15.4 Å². The second-order valence-corrected chi connectivity index (χ2v) is 3.83. The van der Waals surface area contributed by atoms with Crippen LogP contribution in [0.25, 0.3) is 0 Å². The van der Waals surface area contributed by atoms with E-state index in [9.17, 15) is 0 Å². The fourth-order valence-electron chi connectivity index (χ4n) is 1.85. The molecule has 0 aliphatic heterocycles. The molecule has 0 spiro atoms. The van der Waals surface area contributed by atoms with Crippen molar-refractivity contribution in [2.24, 2.45) is 5.84 Å². The zero-order chi connectivity index (χ0) is 13.7. The number of rotatable bonds is 5. The van der Waals surface area contributed by atoms with Crippen LogP contribution < -0.4 is 20.7 Å². The van der Waals surface area contributed by atoms with Gasteiger partial charge in [0.05, 0.1) is 20.3 Å². The van der Waals surface area contributed by atoms with Crippen LogP contribution in [0.1, 0.15) is 17.3 Å². The maximum atomic E-state index is 5.64. The van der Waals surface area contributed by atoms with Crippen molar-refractivity contribution in [3.05, 3.63) is 47.9 Å². The molecule has 19 heavy (non-hydrogen) atoms. The molecule has 100 valence electrons. The average Bonchev–Trinajstić information content (AvgIpc) is 2.49. The van der Waals surface area contributed by atoms with Gasteiger partial charge in [-0.25, -0.2) is 10.4 Å². The fraction of sp³-hybridized carbons (Fsp3) is 0.231. The SMILES string of the molecule is COc1cccc(C(NN)c2nccnc2OC)c1. The summed E-state index contributed by atoms with van der Waals surface area (Å²) in [7, 11) is 3.17. The Bertz CT molecular complexity index is 548. The van der Waals surface area contributed by atoms with E-state index in [1.165, 1.54) is 0 Å². The number of nitrogens with zero attached hydrogens (tertiary/aromatic N) is 2. The van der Waals surface area contributed by atoms with Crippen molar-refractivity contribution in [1.29, 1.82) is 0 Å². The highest BCUT2D eigenvalue weighted by molar-refractivity contribution is 5.37. The van der Waals surface area contributed by atoms with Crippen molar-refractivity contribution in [3.63, 3.8) is 0 Å². The predicted molar refractivity (Wildman–Crippen MR) is 70.7 cm³/mol. The quantitative estimate of drug-likeness (QED) is 0.617. The van der Waals surface area contributed by atoms with Gasteiger partial charge in [0.2, 0.25) is 5.88 Å². The van der Waals surface area contributed by atoms with E-state index in [1.54, 1.807) is 26.6 Å². The summed E-state index contributed by atoms with van der Waals surface area (Å²) < 4.78 is 10.4. The lowest BCUT2D eigenvalue weighted by atomic mass is 10.0. The highest BCUT2D eigenvalue weighted by Crippen LogP contribution is 2.27. The van der Waals surface area contributed by atoms with E-state index in [-0.39, 0.29) is 6.04 Å². The van der Waals surface area contributed by atoms with Gasteiger partial charge < -0.3 is 9.47 Å². The van der Waals surface area contributed by atoms with E-state index in [1.807, 2.05) is 24.3 Å². The Kier molecular flexibility index (Phi) is 4.27. The molecule has 0 saturated carbocycles. The Balaban J connectivity index is 2.43. The molecule has 6 nitrogen and oxygen atoms in total. The first kappa shape index (κ1) is 13.3. The van der Waals surface area contributed by atoms with E-state index in [4.69, 9.17) is 15.3 Å². The number of hydrogen-bond acceptors (Lipinski definition) is 6. The number of ether oxygens (including phenoxy) is 2. The zero-order valence-electron chi connectivity index (χ0n) is 10.8. The van der Waals surface area contributed by atoms with Crippen molar-refractivity contribution in [2.75, 3.05) is 14.2 Å². The summed E-state index contributed by atoms with van der Waals surface area (Å²) in [6, 6.07) is 7.25. The van der Waals surface area contributed by atoms with Gasteiger partial charge in [-0.2, -0.15) is 0 Å². The molecule has 0 fully saturated rings. The third kappa shape index (κ3) is 2.81. The molecule has 0 bridgehead atoms. The topological polar surface area (TPSA) is 82.3 Å². The van der Waals surface area contributed by atoms with Gasteiger partial charge >= 0.3 is 0 Å². The van der Waals surface area contributed by atoms with Crippen LogP contribution in [0.3, 0.4) is 0 Å². The minimum Gasteiger partial charge on any atom is -0.497 e. The molecule has 1 atom stereocenters. The molecule has 3 N–H and O–H groups in total. The van der Waals surface area contributed by atoms with E-state index in [0.29, 0.717) is 11.6 Å². The number of hydrazine groups is 1. The maximum absolute atomic E-state index is 5.64. The monoisotopic (exact) mass is 260 g/mol. The van der Waals surface area contributed by atoms with Crippen LogP contribution in [0.2, 0.25) is 0 Å². The standard InChI is InChI=1S/C13H16N4O2/c1-18-10-5-3-4-9(8-10)11(17-14)12-13(19-2)16-7-6-15-12/h3-8,11,17H,14H2,1-2H3. The first-order chi connectivity index (χ1) is 9.30. The number of methoxy groups -OCH3 is 2. The van der Waals surface area contributed by atoms with Gasteiger partial charge in [0.15, 0.2) is 0 Å². The Morgan fingerprint density at radius 3 is 2.63 bits per heavy atom. The summed E-state index contributed by atoms with van der Waals surface area (Å²) >= 11 is 0. The average molecular weight is 260 g/mol. The van der Waals surface area contributed by atoms with E-state index in [0.717, 1.165) is 11.3 Å². The minimum absolute atomic E-state index is 0.321. The predicted octanol–water partition coefficient (Wildman–Crippen LogP) is 1.05. The molecule has 2 aromatic rings. The smallest absolute Gasteiger partial charge is 0.237 e. The number of nitrogens with two attached hydrogens (primary N) is 1.